The molecule has 1 saturated heterocycles. The van der Waals surface area contributed by atoms with E-state index in [1.54, 1.807) is 0 Å². The van der Waals surface area contributed by atoms with Gasteiger partial charge in [-0.05, 0) is 50.9 Å². The van der Waals surface area contributed by atoms with E-state index in [-0.39, 0.29) is 0 Å². The lowest BCUT2D eigenvalue weighted by Crippen LogP contribution is -2.29. The number of hydrogen-bond acceptors (Lipinski definition) is 4. The molecule has 0 aromatic carbocycles. The summed E-state index contributed by atoms with van der Waals surface area (Å²) in [6.07, 6.45) is 3.55. The van der Waals surface area contributed by atoms with Gasteiger partial charge in [-0.2, -0.15) is 0 Å². The van der Waals surface area contributed by atoms with Gasteiger partial charge in [0, 0.05) is 32.8 Å². The summed E-state index contributed by atoms with van der Waals surface area (Å²) in [6.45, 7) is 8.02. The maximum atomic E-state index is 5.42. The monoisotopic (exact) mass is 291 g/mol. The topological polar surface area (TPSA) is 37.4 Å². The van der Waals surface area contributed by atoms with E-state index < -0.39 is 0 Å². The Morgan fingerprint density at radius 1 is 1.29 bits per heavy atom. The Balaban J connectivity index is 1.79. The van der Waals surface area contributed by atoms with Crippen LogP contribution in [0.1, 0.15) is 37.6 Å². The molecule has 1 N–H and O–H groups in total. The van der Waals surface area contributed by atoms with Crippen molar-refractivity contribution >= 4 is 0 Å². The van der Waals surface area contributed by atoms with Gasteiger partial charge >= 0.3 is 0 Å². The molecule has 0 spiro atoms. The van der Waals surface area contributed by atoms with Crippen molar-refractivity contribution in [3.8, 4) is 0 Å². The maximum absolute atomic E-state index is 5.42. The Morgan fingerprint density at radius 3 is 2.81 bits per heavy atom. The molecule has 2 rings (SSSR count). The Bertz CT molecular complexity index is 405. The van der Waals surface area contributed by atoms with Crippen LogP contribution < -0.4 is 5.32 Å². The summed E-state index contributed by atoms with van der Waals surface area (Å²) >= 11 is 0. The molecule has 4 nitrogen and oxygen atoms in total. The number of rotatable bonds is 8. The number of nitrogens with zero attached hydrogens (tertiary/aromatic N) is 2. The molecular weight excluding hydrogens is 262 g/mol. The molecule has 1 aliphatic rings. The van der Waals surface area contributed by atoms with Crippen molar-refractivity contribution in [1.82, 2.24) is 15.2 Å². The van der Waals surface area contributed by atoms with E-state index in [1.165, 1.54) is 18.5 Å². The van der Waals surface area contributed by atoms with E-state index in [9.17, 15) is 0 Å². The number of hydrogen-bond donors (Lipinski definition) is 1. The van der Waals surface area contributed by atoms with Crippen LogP contribution >= 0.6 is 0 Å². The molecule has 1 fully saturated rings. The van der Waals surface area contributed by atoms with E-state index in [4.69, 9.17) is 9.72 Å². The van der Waals surface area contributed by atoms with Crippen LogP contribution in [0, 0.1) is 5.92 Å². The molecule has 0 unspecified atom stereocenters. The van der Waals surface area contributed by atoms with Gasteiger partial charge in [0.05, 0.1) is 11.4 Å². The summed E-state index contributed by atoms with van der Waals surface area (Å²) in [5.74, 6) is 0.776. The van der Waals surface area contributed by atoms with Crippen molar-refractivity contribution in [2.75, 3.05) is 33.4 Å². The molecule has 118 valence electrons. The molecule has 0 bridgehead atoms. The summed E-state index contributed by atoms with van der Waals surface area (Å²) in [5.41, 5.74) is 2.31. The molecule has 4 heteroatoms. The zero-order valence-electron chi connectivity index (χ0n) is 13.5. The van der Waals surface area contributed by atoms with Crippen LogP contribution in [0.5, 0.6) is 0 Å². The highest BCUT2D eigenvalue weighted by molar-refractivity contribution is 5.11. The zero-order valence-corrected chi connectivity index (χ0v) is 13.5. The Hall–Kier alpha value is -0.970. The average Bonchev–Trinajstić information content (AvgIpc) is 2.49. The molecule has 0 amide bonds. The van der Waals surface area contributed by atoms with Crippen molar-refractivity contribution in [1.29, 1.82) is 0 Å². The minimum atomic E-state index is 0.776. The maximum Gasteiger partial charge on any atom is 0.0547 e. The first-order chi connectivity index (χ1) is 10.3. The average molecular weight is 291 g/mol. The van der Waals surface area contributed by atoms with Gasteiger partial charge in [-0.25, -0.2) is 0 Å². The number of pyridine rings is 1. The highest BCUT2D eigenvalue weighted by Gasteiger charge is 2.16. The fourth-order valence-corrected chi connectivity index (χ4v) is 2.82. The normalized spacial score (nSPS) is 16.5. The van der Waals surface area contributed by atoms with Crippen molar-refractivity contribution in [3.05, 3.63) is 29.6 Å². The van der Waals surface area contributed by atoms with Gasteiger partial charge in [0.2, 0.25) is 0 Å². The highest BCUT2D eigenvalue weighted by atomic mass is 16.5. The van der Waals surface area contributed by atoms with E-state index in [0.717, 1.165) is 57.4 Å². The third kappa shape index (κ3) is 6.12. The quantitative estimate of drug-likeness (QED) is 0.747. The van der Waals surface area contributed by atoms with Crippen LogP contribution in [0.4, 0.5) is 0 Å². The summed E-state index contributed by atoms with van der Waals surface area (Å²) in [4.78, 5) is 7.14. The molecular formula is C17H29N3O. The molecule has 1 aromatic heterocycles. The molecule has 0 atom stereocenters. The minimum Gasteiger partial charge on any atom is -0.381 e. The van der Waals surface area contributed by atoms with Crippen LogP contribution in [0.2, 0.25) is 0 Å². The highest BCUT2D eigenvalue weighted by Crippen LogP contribution is 2.16. The van der Waals surface area contributed by atoms with Gasteiger partial charge in [-0.3, -0.25) is 4.98 Å². The smallest absolute Gasteiger partial charge is 0.0547 e. The third-order valence-corrected chi connectivity index (χ3v) is 3.94. The summed E-state index contributed by atoms with van der Waals surface area (Å²) < 4.78 is 5.42. The van der Waals surface area contributed by atoms with Crippen molar-refractivity contribution in [2.45, 2.75) is 39.3 Å². The molecule has 1 aliphatic heterocycles. The second-order valence-corrected chi connectivity index (χ2v) is 6.05. The molecule has 0 aliphatic carbocycles. The lowest BCUT2D eigenvalue weighted by molar-refractivity contribution is 0.0548. The van der Waals surface area contributed by atoms with Gasteiger partial charge in [0.25, 0.3) is 0 Å². The first-order valence-corrected chi connectivity index (χ1v) is 8.19. The van der Waals surface area contributed by atoms with Gasteiger partial charge in [-0.1, -0.05) is 13.0 Å². The van der Waals surface area contributed by atoms with Gasteiger partial charge in [0.15, 0.2) is 0 Å². The summed E-state index contributed by atoms with van der Waals surface area (Å²) in [6, 6.07) is 6.35. The van der Waals surface area contributed by atoms with Crippen LogP contribution in [-0.4, -0.2) is 43.2 Å². The Morgan fingerprint density at radius 2 is 2.05 bits per heavy atom. The first kappa shape index (κ1) is 16.4. The Labute approximate surface area is 128 Å². The standard InChI is InChI=1S/C17H29N3O/c1-3-9-18-12-16-5-4-6-17(19-16)14-20(2)13-15-7-10-21-11-8-15/h4-6,15,18H,3,7-14H2,1-2H3. The SMILES string of the molecule is CCCNCc1cccc(CN(C)CC2CCOCC2)n1. The molecule has 2 heterocycles. The molecule has 21 heavy (non-hydrogen) atoms. The summed E-state index contributed by atoms with van der Waals surface area (Å²) in [7, 11) is 2.19. The number of aromatic nitrogens is 1. The lowest BCUT2D eigenvalue weighted by Gasteiger charge is -2.27. The molecule has 1 aromatic rings. The van der Waals surface area contributed by atoms with E-state index in [0.29, 0.717) is 0 Å². The second kappa shape index (κ2) is 9.13. The van der Waals surface area contributed by atoms with Crippen molar-refractivity contribution in [2.24, 2.45) is 5.92 Å². The van der Waals surface area contributed by atoms with Crippen molar-refractivity contribution in [3.63, 3.8) is 0 Å². The van der Waals surface area contributed by atoms with Gasteiger partial charge in [-0.15, -0.1) is 0 Å². The summed E-state index contributed by atoms with van der Waals surface area (Å²) in [5, 5.41) is 3.41. The predicted octanol–water partition coefficient (Wildman–Crippen LogP) is 2.44. The fourth-order valence-electron chi connectivity index (χ4n) is 2.82. The van der Waals surface area contributed by atoms with Gasteiger partial charge in [0.1, 0.15) is 0 Å². The van der Waals surface area contributed by atoms with Crippen LogP contribution in [0.25, 0.3) is 0 Å². The zero-order chi connectivity index (χ0) is 14.9. The number of ether oxygens (including phenoxy) is 1. The second-order valence-electron chi connectivity index (χ2n) is 6.05. The lowest BCUT2D eigenvalue weighted by atomic mass is 10.00. The van der Waals surface area contributed by atoms with Crippen LogP contribution in [0.3, 0.4) is 0 Å². The van der Waals surface area contributed by atoms with E-state index in [1.807, 2.05) is 0 Å². The predicted molar refractivity (Wildman–Crippen MR) is 86.1 cm³/mol. The minimum absolute atomic E-state index is 0.776. The van der Waals surface area contributed by atoms with E-state index in [2.05, 4.69) is 42.4 Å². The van der Waals surface area contributed by atoms with Crippen molar-refractivity contribution < 1.29 is 4.74 Å². The molecule has 0 radical (unpaired) electrons. The first-order valence-electron chi connectivity index (χ1n) is 8.19. The largest absolute Gasteiger partial charge is 0.381 e. The van der Waals surface area contributed by atoms with E-state index >= 15 is 0 Å². The fraction of sp³-hybridized carbons (Fsp3) is 0.706. The van der Waals surface area contributed by atoms with Crippen LogP contribution in [-0.2, 0) is 17.8 Å². The molecule has 0 saturated carbocycles. The van der Waals surface area contributed by atoms with Gasteiger partial charge < -0.3 is 15.0 Å². The third-order valence-electron chi connectivity index (χ3n) is 3.94. The number of nitrogens with one attached hydrogen (secondary N) is 1. The Kier molecular flexibility index (Phi) is 7.13. The van der Waals surface area contributed by atoms with Crippen LogP contribution in [0.15, 0.2) is 18.2 Å².